The maximum absolute atomic E-state index is 12.9. The monoisotopic (exact) mass is 370 g/mol. The van der Waals surface area contributed by atoms with Crippen molar-refractivity contribution in [1.29, 1.82) is 0 Å². The van der Waals surface area contributed by atoms with Crippen LogP contribution in [0.15, 0.2) is 45.3 Å². The second kappa shape index (κ2) is 6.29. The third-order valence-corrected chi connectivity index (χ3v) is 3.59. The fourth-order valence-electron chi connectivity index (χ4n) is 2.11. The molecule has 3 rings (SSSR count). The van der Waals surface area contributed by atoms with Gasteiger partial charge in [0.25, 0.3) is 5.91 Å². The number of hydrogen-bond donors (Lipinski definition) is 1. The quantitative estimate of drug-likeness (QED) is 0.690. The summed E-state index contributed by atoms with van der Waals surface area (Å²) in [6, 6.07) is 7.62. The van der Waals surface area contributed by atoms with Crippen LogP contribution in [0, 0.1) is 6.92 Å². The highest BCUT2D eigenvalue weighted by Gasteiger charge is 2.33. The highest BCUT2D eigenvalue weighted by Crippen LogP contribution is 2.37. The molecule has 1 aromatic carbocycles. The first kappa shape index (κ1) is 17.1. The number of furan rings is 1. The van der Waals surface area contributed by atoms with Crippen molar-refractivity contribution in [3.8, 4) is 11.3 Å². The molecule has 0 saturated heterocycles. The van der Waals surface area contributed by atoms with Crippen LogP contribution in [-0.4, -0.2) is 11.1 Å². The number of halogens is 4. The minimum atomic E-state index is -4.59. The Morgan fingerprint density at radius 2 is 1.96 bits per heavy atom. The Kier molecular flexibility index (Phi) is 4.30. The van der Waals surface area contributed by atoms with Gasteiger partial charge in [0.1, 0.15) is 11.5 Å². The average molecular weight is 371 g/mol. The Bertz CT molecular complexity index is 931. The number of rotatable bonds is 3. The predicted molar refractivity (Wildman–Crippen MR) is 83.3 cm³/mol. The number of aromatic nitrogens is 1. The molecule has 0 unspecified atom stereocenters. The first-order valence-corrected chi connectivity index (χ1v) is 7.33. The van der Waals surface area contributed by atoms with E-state index in [-0.39, 0.29) is 22.9 Å². The van der Waals surface area contributed by atoms with Crippen molar-refractivity contribution in [2.45, 2.75) is 13.1 Å². The molecular formula is C16H10ClF3N2O3. The lowest BCUT2D eigenvalue weighted by atomic mass is 10.1. The largest absolute Gasteiger partial charge is 0.451 e. The van der Waals surface area contributed by atoms with Gasteiger partial charge in [-0.1, -0.05) is 16.8 Å². The van der Waals surface area contributed by atoms with Gasteiger partial charge in [-0.05, 0) is 37.3 Å². The highest BCUT2D eigenvalue weighted by molar-refractivity contribution is 6.31. The van der Waals surface area contributed by atoms with E-state index in [9.17, 15) is 18.0 Å². The van der Waals surface area contributed by atoms with Crippen LogP contribution in [0.25, 0.3) is 11.3 Å². The highest BCUT2D eigenvalue weighted by atomic mass is 35.5. The zero-order valence-corrected chi connectivity index (χ0v) is 13.4. The van der Waals surface area contributed by atoms with Gasteiger partial charge in [0.2, 0.25) is 0 Å². The first-order valence-electron chi connectivity index (χ1n) is 6.95. The summed E-state index contributed by atoms with van der Waals surface area (Å²) in [5, 5.41) is 5.64. The number of nitrogens with one attached hydrogen (secondary N) is 1. The molecule has 130 valence electrons. The molecule has 1 N–H and O–H groups in total. The predicted octanol–water partition coefficient (Wildman–Crippen LogP) is 5.17. The summed E-state index contributed by atoms with van der Waals surface area (Å²) >= 11 is 5.59. The molecule has 0 atom stereocenters. The molecule has 0 aliphatic carbocycles. The van der Waals surface area contributed by atoms with Crippen molar-refractivity contribution in [2.75, 3.05) is 5.32 Å². The standard InChI is InChI=1S/C16H10ClF3N2O3/c1-8-6-14(22-25-8)21-15(23)13-5-4-12(24-13)9-2-3-11(17)10(7-9)16(18,19)20/h2-7H,1H3,(H,21,22,23). The lowest BCUT2D eigenvalue weighted by Gasteiger charge is -2.09. The summed E-state index contributed by atoms with van der Waals surface area (Å²) in [5.41, 5.74) is -0.833. The van der Waals surface area contributed by atoms with Crippen molar-refractivity contribution in [2.24, 2.45) is 0 Å². The molecule has 0 radical (unpaired) electrons. The van der Waals surface area contributed by atoms with E-state index < -0.39 is 22.7 Å². The van der Waals surface area contributed by atoms with Crippen molar-refractivity contribution in [1.82, 2.24) is 5.16 Å². The van der Waals surface area contributed by atoms with Gasteiger partial charge in [-0.25, -0.2) is 0 Å². The van der Waals surface area contributed by atoms with E-state index >= 15 is 0 Å². The van der Waals surface area contributed by atoms with Crippen molar-refractivity contribution >= 4 is 23.3 Å². The molecular weight excluding hydrogens is 361 g/mol. The third kappa shape index (κ3) is 3.69. The zero-order valence-electron chi connectivity index (χ0n) is 12.6. The maximum atomic E-state index is 12.9. The maximum Gasteiger partial charge on any atom is 0.417 e. The zero-order chi connectivity index (χ0) is 18.2. The summed E-state index contributed by atoms with van der Waals surface area (Å²) < 4.78 is 48.9. The molecule has 2 aromatic heterocycles. The molecule has 25 heavy (non-hydrogen) atoms. The molecule has 3 aromatic rings. The van der Waals surface area contributed by atoms with E-state index in [2.05, 4.69) is 10.5 Å². The van der Waals surface area contributed by atoms with Crippen molar-refractivity contribution < 1.29 is 26.9 Å². The Morgan fingerprint density at radius 1 is 1.20 bits per heavy atom. The Morgan fingerprint density at radius 3 is 2.60 bits per heavy atom. The molecule has 0 fully saturated rings. The van der Waals surface area contributed by atoms with Gasteiger partial charge in [-0.3, -0.25) is 4.79 Å². The minimum Gasteiger partial charge on any atom is -0.451 e. The lowest BCUT2D eigenvalue weighted by Crippen LogP contribution is -2.10. The van der Waals surface area contributed by atoms with Crippen LogP contribution in [0.1, 0.15) is 21.9 Å². The van der Waals surface area contributed by atoms with Crippen LogP contribution < -0.4 is 5.32 Å². The molecule has 2 heterocycles. The molecule has 0 bridgehead atoms. The van der Waals surface area contributed by atoms with Crippen LogP contribution in [0.3, 0.4) is 0 Å². The molecule has 1 amide bonds. The number of benzene rings is 1. The van der Waals surface area contributed by atoms with E-state index in [1.54, 1.807) is 6.92 Å². The second-order valence-corrected chi connectivity index (χ2v) is 5.54. The summed E-state index contributed by atoms with van der Waals surface area (Å²) in [4.78, 5) is 12.1. The third-order valence-electron chi connectivity index (χ3n) is 3.26. The molecule has 0 spiro atoms. The number of carbonyl (C=O) groups excluding carboxylic acids is 1. The van der Waals surface area contributed by atoms with Gasteiger partial charge in [-0.2, -0.15) is 13.2 Å². The van der Waals surface area contributed by atoms with E-state index in [4.69, 9.17) is 20.5 Å². The number of nitrogens with zero attached hydrogens (tertiary/aromatic N) is 1. The van der Waals surface area contributed by atoms with E-state index in [1.165, 1.54) is 24.3 Å². The number of carbonyl (C=O) groups is 1. The minimum absolute atomic E-state index is 0.0841. The van der Waals surface area contributed by atoms with Crippen LogP contribution in [-0.2, 0) is 6.18 Å². The van der Waals surface area contributed by atoms with Gasteiger partial charge >= 0.3 is 6.18 Å². The summed E-state index contributed by atoms with van der Waals surface area (Å²) in [5.74, 6) is 0.120. The number of alkyl halides is 3. The number of aryl methyl sites for hydroxylation is 1. The topological polar surface area (TPSA) is 68.3 Å². The lowest BCUT2D eigenvalue weighted by molar-refractivity contribution is -0.137. The normalized spacial score (nSPS) is 11.6. The fourth-order valence-corrected chi connectivity index (χ4v) is 2.34. The summed E-state index contributed by atoms with van der Waals surface area (Å²) in [7, 11) is 0. The Balaban J connectivity index is 1.85. The number of anilines is 1. The summed E-state index contributed by atoms with van der Waals surface area (Å²) in [6.07, 6.45) is -4.59. The van der Waals surface area contributed by atoms with Crippen molar-refractivity contribution in [3.63, 3.8) is 0 Å². The Labute approximate surface area is 144 Å². The van der Waals surface area contributed by atoms with Crippen LogP contribution in [0.2, 0.25) is 5.02 Å². The van der Waals surface area contributed by atoms with E-state index in [0.29, 0.717) is 5.76 Å². The fraction of sp³-hybridized carbons (Fsp3) is 0.125. The average Bonchev–Trinajstić information content (AvgIpc) is 3.16. The van der Waals surface area contributed by atoms with Gasteiger partial charge in [0, 0.05) is 11.6 Å². The molecule has 0 aliphatic rings. The van der Waals surface area contributed by atoms with Gasteiger partial charge in [0.05, 0.1) is 10.6 Å². The SMILES string of the molecule is Cc1cc(NC(=O)c2ccc(-c3ccc(Cl)c(C(F)(F)F)c3)o2)no1. The van der Waals surface area contributed by atoms with E-state index in [1.807, 2.05) is 0 Å². The molecule has 5 nitrogen and oxygen atoms in total. The Hall–Kier alpha value is -2.74. The molecule has 9 heteroatoms. The van der Waals surface area contributed by atoms with Gasteiger partial charge in [-0.15, -0.1) is 0 Å². The molecule has 0 aliphatic heterocycles. The molecule has 0 saturated carbocycles. The smallest absolute Gasteiger partial charge is 0.417 e. The summed E-state index contributed by atoms with van der Waals surface area (Å²) in [6.45, 7) is 1.66. The van der Waals surface area contributed by atoms with Crippen LogP contribution in [0.4, 0.5) is 19.0 Å². The van der Waals surface area contributed by atoms with Crippen molar-refractivity contribution in [3.05, 3.63) is 58.5 Å². The van der Waals surface area contributed by atoms with Crippen LogP contribution >= 0.6 is 11.6 Å². The van der Waals surface area contributed by atoms with Crippen LogP contribution in [0.5, 0.6) is 0 Å². The number of hydrogen-bond acceptors (Lipinski definition) is 4. The van der Waals surface area contributed by atoms with E-state index in [0.717, 1.165) is 12.1 Å². The first-order chi connectivity index (χ1) is 11.7. The van der Waals surface area contributed by atoms with Gasteiger partial charge in [0.15, 0.2) is 11.6 Å². The van der Waals surface area contributed by atoms with Gasteiger partial charge < -0.3 is 14.3 Å². The second-order valence-electron chi connectivity index (χ2n) is 5.13. The number of amides is 1.